The number of carbonyl (C=O) groups is 2. The molecule has 7 nitrogen and oxygen atoms in total. The first-order valence-electron chi connectivity index (χ1n) is 8.00. The first kappa shape index (κ1) is 20.9. The number of nitrogens with zero attached hydrogens (tertiary/aromatic N) is 2. The average molecular weight is 406 g/mol. The van der Waals surface area contributed by atoms with Gasteiger partial charge in [-0.1, -0.05) is 35.9 Å². The SMILES string of the molecule is Cn1c(-c2ccc(Cl)cc2)cnc1NCc1ccc(F)cc1.O=C(O)C(=O)O. The molecule has 0 saturated carbocycles. The Labute approximate surface area is 165 Å². The minimum atomic E-state index is -1.82. The molecule has 1 heterocycles. The van der Waals surface area contributed by atoms with Crippen molar-refractivity contribution < 1.29 is 24.2 Å². The molecule has 0 fully saturated rings. The van der Waals surface area contributed by atoms with E-state index >= 15 is 0 Å². The van der Waals surface area contributed by atoms with Gasteiger partial charge in [0.2, 0.25) is 5.95 Å². The third-order valence-electron chi connectivity index (χ3n) is 3.68. The van der Waals surface area contributed by atoms with Crippen LogP contribution in [0, 0.1) is 5.82 Å². The summed E-state index contributed by atoms with van der Waals surface area (Å²) < 4.78 is 14.9. The zero-order valence-corrected chi connectivity index (χ0v) is 15.5. The number of nitrogens with one attached hydrogen (secondary N) is 1. The van der Waals surface area contributed by atoms with Gasteiger partial charge in [-0.2, -0.15) is 0 Å². The number of carboxylic acids is 2. The fourth-order valence-electron chi connectivity index (χ4n) is 2.25. The fourth-order valence-corrected chi connectivity index (χ4v) is 2.37. The van der Waals surface area contributed by atoms with Gasteiger partial charge in [-0.3, -0.25) is 0 Å². The predicted octanol–water partition coefficient (Wildman–Crippen LogP) is 3.65. The summed E-state index contributed by atoms with van der Waals surface area (Å²) in [6.45, 7) is 0.588. The second kappa shape index (κ2) is 9.52. The van der Waals surface area contributed by atoms with Gasteiger partial charge in [-0.25, -0.2) is 19.0 Å². The number of anilines is 1. The molecule has 0 amide bonds. The van der Waals surface area contributed by atoms with E-state index in [9.17, 15) is 4.39 Å². The fraction of sp³-hybridized carbons (Fsp3) is 0.105. The molecule has 0 bridgehead atoms. The van der Waals surface area contributed by atoms with Crippen LogP contribution in [0.15, 0.2) is 54.7 Å². The minimum absolute atomic E-state index is 0.231. The molecule has 0 radical (unpaired) electrons. The van der Waals surface area contributed by atoms with Gasteiger partial charge in [0.05, 0.1) is 11.9 Å². The van der Waals surface area contributed by atoms with Gasteiger partial charge in [-0.15, -0.1) is 0 Å². The van der Waals surface area contributed by atoms with E-state index in [-0.39, 0.29) is 5.82 Å². The lowest BCUT2D eigenvalue weighted by Gasteiger charge is -2.08. The van der Waals surface area contributed by atoms with Gasteiger partial charge in [0.25, 0.3) is 0 Å². The van der Waals surface area contributed by atoms with Gasteiger partial charge >= 0.3 is 11.9 Å². The van der Waals surface area contributed by atoms with Crippen LogP contribution in [0.2, 0.25) is 5.02 Å². The maximum absolute atomic E-state index is 12.9. The summed E-state index contributed by atoms with van der Waals surface area (Å²) in [6, 6.07) is 14.1. The van der Waals surface area contributed by atoms with Gasteiger partial charge in [0.15, 0.2) is 0 Å². The number of benzene rings is 2. The highest BCUT2D eigenvalue weighted by atomic mass is 35.5. The summed E-state index contributed by atoms with van der Waals surface area (Å²) in [5.74, 6) is -3.12. The summed E-state index contributed by atoms with van der Waals surface area (Å²) in [7, 11) is 1.95. The number of rotatable bonds is 4. The van der Waals surface area contributed by atoms with Crippen molar-refractivity contribution in [3.63, 3.8) is 0 Å². The van der Waals surface area contributed by atoms with Crippen LogP contribution in [0.1, 0.15) is 5.56 Å². The first-order chi connectivity index (χ1) is 13.3. The highest BCUT2D eigenvalue weighted by molar-refractivity contribution is 6.30. The van der Waals surface area contributed by atoms with E-state index in [1.807, 2.05) is 42.1 Å². The molecular formula is C19H17ClFN3O4. The quantitative estimate of drug-likeness (QED) is 0.572. The van der Waals surface area contributed by atoms with E-state index in [0.29, 0.717) is 11.6 Å². The van der Waals surface area contributed by atoms with Crippen LogP contribution >= 0.6 is 11.6 Å². The van der Waals surface area contributed by atoms with Crippen molar-refractivity contribution in [3.8, 4) is 11.3 Å². The molecule has 0 aliphatic heterocycles. The van der Waals surface area contributed by atoms with E-state index in [1.165, 1.54) is 12.1 Å². The highest BCUT2D eigenvalue weighted by Gasteiger charge is 2.08. The molecule has 3 aromatic rings. The number of aliphatic carboxylic acids is 2. The molecular weight excluding hydrogens is 389 g/mol. The Morgan fingerprint density at radius 3 is 2.18 bits per heavy atom. The van der Waals surface area contributed by atoms with Crippen LogP contribution in [0.4, 0.5) is 10.3 Å². The Balaban J connectivity index is 0.000000409. The maximum atomic E-state index is 12.9. The topological polar surface area (TPSA) is 104 Å². The second-order valence-corrected chi connectivity index (χ2v) is 6.06. The number of hydrogen-bond donors (Lipinski definition) is 3. The van der Waals surface area contributed by atoms with E-state index < -0.39 is 11.9 Å². The number of imidazole rings is 1. The van der Waals surface area contributed by atoms with Crippen LogP contribution in [-0.4, -0.2) is 31.7 Å². The van der Waals surface area contributed by atoms with Crippen molar-refractivity contribution in [1.82, 2.24) is 9.55 Å². The molecule has 3 rings (SSSR count). The van der Waals surface area contributed by atoms with Crippen LogP contribution in [0.3, 0.4) is 0 Å². The molecule has 2 aromatic carbocycles. The van der Waals surface area contributed by atoms with E-state index in [2.05, 4.69) is 10.3 Å². The van der Waals surface area contributed by atoms with E-state index in [4.69, 9.17) is 31.4 Å². The van der Waals surface area contributed by atoms with Crippen molar-refractivity contribution in [2.45, 2.75) is 6.54 Å². The van der Waals surface area contributed by atoms with Crippen LogP contribution in [0.5, 0.6) is 0 Å². The Kier molecular flexibility index (Phi) is 7.11. The van der Waals surface area contributed by atoms with Crippen LogP contribution in [-0.2, 0) is 23.2 Å². The Hall–Kier alpha value is -3.39. The van der Waals surface area contributed by atoms with E-state index in [0.717, 1.165) is 22.8 Å². The van der Waals surface area contributed by atoms with Crippen molar-refractivity contribution in [3.05, 3.63) is 71.1 Å². The Bertz CT molecular complexity index is 944. The lowest BCUT2D eigenvalue weighted by atomic mass is 10.2. The number of aromatic nitrogens is 2. The molecule has 1 aromatic heterocycles. The second-order valence-electron chi connectivity index (χ2n) is 5.62. The van der Waals surface area contributed by atoms with Crippen LogP contribution in [0.25, 0.3) is 11.3 Å². The van der Waals surface area contributed by atoms with Gasteiger partial charge in [-0.05, 0) is 35.4 Å². The summed E-state index contributed by atoms with van der Waals surface area (Å²) in [4.78, 5) is 22.6. The number of halogens is 2. The lowest BCUT2D eigenvalue weighted by Crippen LogP contribution is -2.09. The molecule has 0 aliphatic carbocycles. The maximum Gasteiger partial charge on any atom is 0.414 e. The number of hydrogen-bond acceptors (Lipinski definition) is 4. The minimum Gasteiger partial charge on any atom is -0.473 e. The molecule has 28 heavy (non-hydrogen) atoms. The van der Waals surface area contributed by atoms with Crippen molar-refractivity contribution in [2.75, 3.05) is 5.32 Å². The van der Waals surface area contributed by atoms with Gasteiger partial charge < -0.3 is 20.1 Å². The van der Waals surface area contributed by atoms with Gasteiger partial charge in [0.1, 0.15) is 5.82 Å². The molecule has 0 atom stereocenters. The highest BCUT2D eigenvalue weighted by Crippen LogP contribution is 2.23. The third kappa shape index (κ3) is 5.82. The average Bonchev–Trinajstić information content (AvgIpc) is 3.03. The van der Waals surface area contributed by atoms with Crippen LogP contribution < -0.4 is 5.32 Å². The molecule has 3 N–H and O–H groups in total. The molecule has 9 heteroatoms. The summed E-state index contributed by atoms with van der Waals surface area (Å²) >= 11 is 5.91. The smallest absolute Gasteiger partial charge is 0.414 e. The molecule has 0 spiro atoms. The zero-order valence-electron chi connectivity index (χ0n) is 14.8. The van der Waals surface area contributed by atoms with Crippen molar-refractivity contribution in [1.29, 1.82) is 0 Å². The molecule has 0 saturated heterocycles. The third-order valence-corrected chi connectivity index (χ3v) is 3.93. The summed E-state index contributed by atoms with van der Waals surface area (Å²) in [6.07, 6.45) is 1.82. The Morgan fingerprint density at radius 1 is 1.07 bits per heavy atom. The number of carboxylic acid groups (broad SMARTS) is 2. The largest absolute Gasteiger partial charge is 0.473 e. The Morgan fingerprint density at radius 2 is 1.64 bits per heavy atom. The predicted molar refractivity (Wildman–Crippen MR) is 103 cm³/mol. The van der Waals surface area contributed by atoms with E-state index in [1.54, 1.807) is 12.1 Å². The monoisotopic (exact) mass is 405 g/mol. The summed E-state index contributed by atoms with van der Waals surface area (Å²) in [5, 5.41) is 18.7. The first-order valence-corrected chi connectivity index (χ1v) is 8.38. The zero-order chi connectivity index (χ0) is 20.7. The molecule has 0 unspecified atom stereocenters. The van der Waals surface area contributed by atoms with Gasteiger partial charge in [0, 0.05) is 18.6 Å². The van der Waals surface area contributed by atoms with Crippen molar-refractivity contribution >= 4 is 29.5 Å². The molecule has 146 valence electrons. The molecule has 0 aliphatic rings. The normalized spacial score (nSPS) is 9.96. The summed E-state index contributed by atoms with van der Waals surface area (Å²) in [5.41, 5.74) is 3.05. The standard InChI is InChI=1S/C17H15ClFN3.C2H2O4/c1-22-16(13-4-6-14(18)7-5-13)11-21-17(22)20-10-12-2-8-15(19)9-3-12;3-1(4)2(5)6/h2-9,11H,10H2,1H3,(H,20,21);(H,3,4)(H,5,6). The van der Waals surface area contributed by atoms with Crippen molar-refractivity contribution in [2.24, 2.45) is 7.05 Å². The lowest BCUT2D eigenvalue weighted by molar-refractivity contribution is -0.159.